The molecule has 1 atom stereocenters. The minimum Gasteiger partial charge on any atom is -0.493 e. The summed E-state index contributed by atoms with van der Waals surface area (Å²) in [6.45, 7) is 5.42. The van der Waals surface area contributed by atoms with E-state index in [0.717, 1.165) is 0 Å². The minimum atomic E-state index is -0.903. The lowest BCUT2D eigenvalue weighted by Gasteiger charge is -2.25. The van der Waals surface area contributed by atoms with E-state index in [9.17, 15) is 18.8 Å². The SMILES string of the molecule is CCOC(=O)C1=C(C)N=c2s/c(=C\c3ccc(OCc4cccc(F)c4)c(OC)c3)c(=O)n2[C@H]1c1ccc(OCC(=O)OC)c(OCC)c1. The van der Waals surface area contributed by atoms with E-state index in [-0.39, 0.29) is 36.8 Å². The van der Waals surface area contributed by atoms with Gasteiger partial charge in [0.25, 0.3) is 5.56 Å². The summed E-state index contributed by atoms with van der Waals surface area (Å²) in [5, 5.41) is 0. The highest BCUT2D eigenvalue weighted by atomic mass is 32.1. The molecule has 0 bridgehead atoms. The quantitative estimate of drug-likeness (QED) is 0.187. The van der Waals surface area contributed by atoms with Gasteiger partial charge in [0.1, 0.15) is 12.4 Å². The first-order valence-electron chi connectivity index (χ1n) is 15.4. The topological polar surface area (TPSA) is 124 Å². The third kappa shape index (κ3) is 7.83. The smallest absolute Gasteiger partial charge is 0.343 e. The molecule has 0 unspecified atom stereocenters. The number of methoxy groups -OCH3 is 2. The maximum absolute atomic E-state index is 14.1. The largest absolute Gasteiger partial charge is 0.493 e. The van der Waals surface area contributed by atoms with Crippen molar-refractivity contribution < 1.29 is 42.4 Å². The number of esters is 2. The fraction of sp³-hybridized carbons (Fsp3) is 0.278. The molecule has 0 spiro atoms. The number of nitrogens with zero attached hydrogens (tertiary/aromatic N) is 2. The molecular formula is C36H35FN2O9S. The minimum absolute atomic E-state index is 0.126. The highest BCUT2D eigenvalue weighted by Gasteiger charge is 2.34. The van der Waals surface area contributed by atoms with E-state index in [1.807, 2.05) is 0 Å². The van der Waals surface area contributed by atoms with Crippen LogP contribution in [0.2, 0.25) is 0 Å². The van der Waals surface area contributed by atoms with Crippen molar-refractivity contribution in [2.75, 3.05) is 34.0 Å². The van der Waals surface area contributed by atoms with Gasteiger partial charge in [0.15, 0.2) is 34.4 Å². The summed E-state index contributed by atoms with van der Waals surface area (Å²) >= 11 is 1.17. The average Bonchev–Trinajstić information content (AvgIpc) is 3.39. The number of carbonyl (C=O) groups excluding carboxylic acids is 2. The molecule has 1 aliphatic rings. The number of hydrogen-bond donors (Lipinski definition) is 0. The Morgan fingerprint density at radius 2 is 1.71 bits per heavy atom. The Hall–Kier alpha value is -5.43. The first kappa shape index (κ1) is 34.9. The third-order valence-electron chi connectivity index (χ3n) is 7.44. The molecule has 2 heterocycles. The van der Waals surface area contributed by atoms with E-state index in [4.69, 9.17) is 23.7 Å². The second-order valence-electron chi connectivity index (χ2n) is 10.6. The Kier molecular flexibility index (Phi) is 11.1. The summed E-state index contributed by atoms with van der Waals surface area (Å²) in [6.07, 6.45) is 1.71. The number of allylic oxidation sites excluding steroid dienone is 1. The van der Waals surface area contributed by atoms with Gasteiger partial charge < -0.3 is 28.4 Å². The van der Waals surface area contributed by atoms with Gasteiger partial charge in [0.2, 0.25) is 0 Å². The Morgan fingerprint density at radius 3 is 2.43 bits per heavy atom. The molecule has 11 nitrogen and oxygen atoms in total. The van der Waals surface area contributed by atoms with Gasteiger partial charge in [-0.15, -0.1) is 0 Å². The van der Waals surface area contributed by atoms with Gasteiger partial charge in [-0.25, -0.2) is 19.0 Å². The van der Waals surface area contributed by atoms with E-state index in [2.05, 4.69) is 9.73 Å². The van der Waals surface area contributed by atoms with E-state index in [1.54, 1.807) is 75.4 Å². The predicted molar refractivity (Wildman–Crippen MR) is 179 cm³/mol. The molecule has 0 radical (unpaired) electrons. The zero-order valence-electron chi connectivity index (χ0n) is 27.6. The van der Waals surface area contributed by atoms with Crippen molar-refractivity contribution in [1.82, 2.24) is 4.57 Å². The van der Waals surface area contributed by atoms with E-state index >= 15 is 0 Å². The summed E-state index contributed by atoms with van der Waals surface area (Å²) in [4.78, 5) is 44.2. The molecule has 0 saturated carbocycles. The van der Waals surface area contributed by atoms with Gasteiger partial charge >= 0.3 is 11.9 Å². The summed E-state index contributed by atoms with van der Waals surface area (Å²) in [7, 11) is 2.76. The molecule has 5 rings (SSSR count). The third-order valence-corrected chi connectivity index (χ3v) is 8.43. The Balaban J connectivity index is 1.56. The molecule has 13 heteroatoms. The number of ether oxygens (including phenoxy) is 6. The summed E-state index contributed by atoms with van der Waals surface area (Å²) < 4.78 is 48.4. The van der Waals surface area contributed by atoms with Crippen LogP contribution in [0.3, 0.4) is 0 Å². The number of rotatable bonds is 13. The van der Waals surface area contributed by atoms with Crippen molar-refractivity contribution in [2.45, 2.75) is 33.4 Å². The zero-order valence-corrected chi connectivity index (χ0v) is 28.4. The van der Waals surface area contributed by atoms with Gasteiger partial charge in [-0.05, 0) is 79.9 Å². The molecular weight excluding hydrogens is 655 g/mol. The van der Waals surface area contributed by atoms with Crippen LogP contribution in [0.5, 0.6) is 23.0 Å². The average molecular weight is 691 g/mol. The molecule has 0 aliphatic carbocycles. The summed E-state index contributed by atoms with van der Waals surface area (Å²) in [6, 6.07) is 15.4. The number of fused-ring (bicyclic) bond motifs is 1. The van der Waals surface area contributed by atoms with Crippen molar-refractivity contribution in [1.29, 1.82) is 0 Å². The lowest BCUT2D eigenvalue weighted by atomic mass is 9.95. The Morgan fingerprint density at radius 1 is 0.939 bits per heavy atom. The van der Waals surface area contributed by atoms with Crippen molar-refractivity contribution in [2.24, 2.45) is 4.99 Å². The van der Waals surface area contributed by atoms with Gasteiger partial charge in [0, 0.05) is 0 Å². The van der Waals surface area contributed by atoms with Crippen LogP contribution in [0.1, 0.15) is 43.5 Å². The Labute approximate surface area is 285 Å². The van der Waals surface area contributed by atoms with Crippen LogP contribution in [0, 0.1) is 5.82 Å². The van der Waals surface area contributed by atoms with Gasteiger partial charge in [-0.2, -0.15) is 0 Å². The molecule has 1 aliphatic heterocycles. The molecule has 3 aromatic carbocycles. The van der Waals surface area contributed by atoms with Crippen molar-refractivity contribution in [3.8, 4) is 23.0 Å². The first-order chi connectivity index (χ1) is 23.7. The van der Waals surface area contributed by atoms with Crippen molar-refractivity contribution >= 4 is 29.4 Å². The number of halogens is 1. The normalized spacial score (nSPS) is 14.1. The summed E-state index contributed by atoms with van der Waals surface area (Å²) in [5.74, 6) is -0.0441. The fourth-order valence-corrected chi connectivity index (χ4v) is 6.26. The molecule has 0 fully saturated rings. The van der Waals surface area contributed by atoms with Crippen LogP contribution < -0.4 is 33.8 Å². The van der Waals surface area contributed by atoms with Gasteiger partial charge in [0.05, 0.1) is 49.3 Å². The van der Waals surface area contributed by atoms with Crippen molar-refractivity contribution in [3.05, 3.63) is 114 Å². The first-order valence-corrected chi connectivity index (χ1v) is 16.2. The van der Waals surface area contributed by atoms with Gasteiger partial charge in [-0.1, -0.05) is 35.6 Å². The lowest BCUT2D eigenvalue weighted by Crippen LogP contribution is -2.40. The number of benzene rings is 3. The highest BCUT2D eigenvalue weighted by Crippen LogP contribution is 2.36. The van der Waals surface area contributed by atoms with E-state index in [1.165, 1.54) is 42.3 Å². The molecule has 0 amide bonds. The highest BCUT2D eigenvalue weighted by molar-refractivity contribution is 7.07. The van der Waals surface area contributed by atoms with Crippen LogP contribution >= 0.6 is 11.3 Å². The molecule has 49 heavy (non-hydrogen) atoms. The number of carbonyl (C=O) groups is 2. The fourth-order valence-electron chi connectivity index (χ4n) is 5.22. The molecule has 0 N–H and O–H groups in total. The van der Waals surface area contributed by atoms with E-state index in [0.29, 0.717) is 61.3 Å². The number of aromatic nitrogens is 1. The number of thiazole rings is 1. The predicted octanol–water partition coefficient (Wildman–Crippen LogP) is 4.48. The van der Waals surface area contributed by atoms with Crippen molar-refractivity contribution in [3.63, 3.8) is 0 Å². The maximum Gasteiger partial charge on any atom is 0.343 e. The van der Waals surface area contributed by atoms with Crippen LogP contribution in [0.4, 0.5) is 4.39 Å². The van der Waals surface area contributed by atoms with Crippen LogP contribution in [0.25, 0.3) is 6.08 Å². The summed E-state index contributed by atoms with van der Waals surface area (Å²) in [5.41, 5.74) is 2.09. The monoisotopic (exact) mass is 690 g/mol. The standard InChI is InChI=1S/C36H35FN2O9S/c1-6-45-29-18-24(12-14-27(29)48-20-31(40)44-5)33-32(35(42)46-7-2)21(3)38-36-39(33)34(41)30(49-36)17-22-11-13-26(28(16-22)43-4)47-19-23-9-8-10-25(37)15-23/h8-18,33H,6-7,19-20H2,1-5H3/b30-17-/t33-/m0/s1. The van der Waals surface area contributed by atoms with Gasteiger partial charge in [-0.3, -0.25) is 9.36 Å². The van der Waals surface area contributed by atoms with E-state index < -0.39 is 18.0 Å². The second kappa shape index (κ2) is 15.6. The molecule has 4 aromatic rings. The van der Waals surface area contributed by atoms with Crippen LogP contribution in [0.15, 0.2) is 81.7 Å². The second-order valence-corrected chi connectivity index (χ2v) is 11.6. The zero-order chi connectivity index (χ0) is 35.1. The molecule has 256 valence electrons. The number of hydrogen-bond acceptors (Lipinski definition) is 11. The Bertz CT molecular complexity index is 2090. The lowest BCUT2D eigenvalue weighted by molar-refractivity contribution is -0.143. The molecule has 1 aromatic heterocycles. The molecule has 0 saturated heterocycles. The van der Waals surface area contributed by atoms with Crippen LogP contribution in [-0.2, 0) is 25.7 Å². The maximum atomic E-state index is 14.1. The van der Waals surface area contributed by atoms with Crippen LogP contribution in [-0.4, -0.2) is 50.5 Å².